The van der Waals surface area contributed by atoms with Crippen LogP contribution in [0.2, 0.25) is 0 Å². The molecule has 2 nitrogen and oxygen atoms in total. The number of hydrogen-bond donors (Lipinski definition) is 0. The van der Waals surface area contributed by atoms with Crippen LogP contribution in [0, 0.1) is 11.3 Å². The Balaban J connectivity index is 2.46. The van der Waals surface area contributed by atoms with E-state index in [2.05, 4.69) is 27.0 Å². The van der Waals surface area contributed by atoms with Gasteiger partial charge in [-0.25, -0.2) is 4.98 Å². The molecule has 1 aromatic heterocycles. The van der Waals surface area contributed by atoms with Gasteiger partial charge in [-0.05, 0) is 41.4 Å². The number of rotatable bonds is 1. The molecule has 3 heteroatoms. The van der Waals surface area contributed by atoms with Crippen LogP contribution >= 0.6 is 15.9 Å². The van der Waals surface area contributed by atoms with E-state index in [1.54, 1.807) is 0 Å². The first kappa shape index (κ1) is 9.42. The topological polar surface area (TPSA) is 36.7 Å². The quantitative estimate of drug-likeness (QED) is 0.566. The third-order valence-electron chi connectivity index (χ3n) is 2.42. The van der Waals surface area contributed by atoms with Crippen molar-refractivity contribution in [2.24, 2.45) is 0 Å². The summed E-state index contributed by atoms with van der Waals surface area (Å²) in [4.78, 5) is 4.32. The zero-order chi connectivity index (χ0) is 10.2. The predicted octanol–water partition coefficient (Wildman–Crippen LogP) is 2.96. The minimum Gasteiger partial charge on any atom is -0.244 e. The second kappa shape index (κ2) is 3.21. The number of pyridine rings is 1. The molecule has 0 spiro atoms. The number of nitriles is 1. The molecule has 0 bridgehead atoms. The SMILES string of the molecule is CC1=CC(C#N)(c2cccc(Br)n2)C1. The molecule has 0 fully saturated rings. The maximum atomic E-state index is 9.15. The zero-order valence-electron chi connectivity index (χ0n) is 7.79. The lowest BCUT2D eigenvalue weighted by molar-refractivity contribution is 0.582. The van der Waals surface area contributed by atoms with Crippen molar-refractivity contribution in [1.29, 1.82) is 5.26 Å². The monoisotopic (exact) mass is 248 g/mol. The molecular formula is C11H9BrN2. The molecule has 1 unspecified atom stereocenters. The highest BCUT2D eigenvalue weighted by atomic mass is 79.9. The molecule has 1 aromatic rings. The molecular weight excluding hydrogens is 240 g/mol. The fraction of sp³-hybridized carbons (Fsp3) is 0.273. The molecule has 1 heterocycles. The van der Waals surface area contributed by atoms with Gasteiger partial charge in [0.05, 0.1) is 11.8 Å². The maximum absolute atomic E-state index is 9.15. The standard InChI is InChI=1S/C11H9BrN2/c1-8-5-11(6-8,7-13)9-3-2-4-10(12)14-9/h2-5H,6H2,1H3. The summed E-state index contributed by atoms with van der Waals surface area (Å²) in [5.74, 6) is 0. The molecule has 0 aliphatic heterocycles. The Labute approximate surface area is 91.4 Å². The van der Waals surface area contributed by atoms with Gasteiger partial charge in [-0.1, -0.05) is 17.7 Å². The molecule has 0 aromatic carbocycles. The zero-order valence-corrected chi connectivity index (χ0v) is 9.37. The van der Waals surface area contributed by atoms with E-state index in [-0.39, 0.29) is 0 Å². The van der Waals surface area contributed by atoms with Gasteiger partial charge in [0.2, 0.25) is 0 Å². The van der Waals surface area contributed by atoms with E-state index in [1.807, 2.05) is 31.2 Å². The van der Waals surface area contributed by atoms with Crippen molar-refractivity contribution < 1.29 is 0 Å². The first-order valence-electron chi connectivity index (χ1n) is 4.39. The third kappa shape index (κ3) is 1.36. The average Bonchev–Trinajstić information content (AvgIpc) is 2.12. The van der Waals surface area contributed by atoms with Crippen molar-refractivity contribution >= 4 is 15.9 Å². The van der Waals surface area contributed by atoms with E-state index < -0.39 is 5.41 Å². The van der Waals surface area contributed by atoms with Crippen molar-refractivity contribution in [3.63, 3.8) is 0 Å². The lowest BCUT2D eigenvalue weighted by Gasteiger charge is -2.31. The van der Waals surface area contributed by atoms with Crippen LogP contribution in [0.25, 0.3) is 0 Å². The Morgan fingerprint density at radius 3 is 2.79 bits per heavy atom. The van der Waals surface area contributed by atoms with Crippen LogP contribution in [-0.4, -0.2) is 4.98 Å². The molecule has 0 saturated carbocycles. The second-order valence-corrected chi connectivity index (χ2v) is 4.41. The normalized spacial score (nSPS) is 24.8. The predicted molar refractivity (Wildman–Crippen MR) is 57.6 cm³/mol. The van der Waals surface area contributed by atoms with E-state index >= 15 is 0 Å². The van der Waals surface area contributed by atoms with Crippen LogP contribution in [-0.2, 0) is 5.41 Å². The molecule has 1 aliphatic rings. The molecule has 70 valence electrons. The molecule has 1 atom stereocenters. The summed E-state index contributed by atoms with van der Waals surface area (Å²) in [6.07, 6.45) is 2.79. The Morgan fingerprint density at radius 1 is 1.57 bits per heavy atom. The Bertz CT molecular complexity index is 445. The molecule has 0 amide bonds. The molecule has 1 aliphatic carbocycles. The van der Waals surface area contributed by atoms with Gasteiger partial charge in [-0.15, -0.1) is 0 Å². The molecule has 14 heavy (non-hydrogen) atoms. The van der Waals surface area contributed by atoms with Crippen molar-refractivity contribution in [3.05, 3.63) is 40.1 Å². The van der Waals surface area contributed by atoms with Crippen molar-refractivity contribution in [2.45, 2.75) is 18.8 Å². The number of halogens is 1. The van der Waals surface area contributed by atoms with Gasteiger partial charge in [-0.3, -0.25) is 0 Å². The van der Waals surface area contributed by atoms with Crippen LogP contribution in [0.1, 0.15) is 19.0 Å². The van der Waals surface area contributed by atoms with Crippen molar-refractivity contribution in [3.8, 4) is 6.07 Å². The van der Waals surface area contributed by atoms with Crippen molar-refractivity contribution in [2.75, 3.05) is 0 Å². The summed E-state index contributed by atoms with van der Waals surface area (Å²) < 4.78 is 0.780. The van der Waals surface area contributed by atoms with E-state index in [9.17, 15) is 0 Å². The fourth-order valence-corrected chi connectivity index (χ4v) is 2.13. The van der Waals surface area contributed by atoms with Crippen LogP contribution in [0.4, 0.5) is 0 Å². The minimum absolute atomic E-state index is 0.478. The Kier molecular flexibility index (Phi) is 2.16. The van der Waals surface area contributed by atoms with E-state index in [0.717, 1.165) is 16.7 Å². The summed E-state index contributed by atoms with van der Waals surface area (Å²) >= 11 is 3.31. The highest BCUT2D eigenvalue weighted by Gasteiger charge is 2.38. The van der Waals surface area contributed by atoms with E-state index in [4.69, 9.17) is 5.26 Å². The summed E-state index contributed by atoms with van der Waals surface area (Å²) in [5.41, 5.74) is 1.61. The van der Waals surface area contributed by atoms with E-state index in [0.29, 0.717) is 0 Å². The number of allylic oxidation sites excluding steroid dienone is 2. The Hall–Kier alpha value is -1.14. The number of hydrogen-bond acceptors (Lipinski definition) is 2. The van der Waals surface area contributed by atoms with Gasteiger partial charge in [0, 0.05) is 0 Å². The van der Waals surface area contributed by atoms with Gasteiger partial charge >= 0.3 is 0 Å². The molecule has 0 radical (unpaired) electrons. The summed E-state index contributed by atoms with van der Waals surface area (Å²) in [6, 6.07) is 8.00. The number of aromatic nitrogens is 1. The third-order valence-corrected chi connectivity index (χ3v) is 2.86. The summed E-state index contributed by atoms with van der Waals surface area (Å²) in [7, 11) is 0. The average molecular weight is 249 g/mol. The first-order valence-corrected chi connectivity index (χ1v) is 5.18. The Morgan fingerprint density at radius 2 is 2.29 bits per heavy atom. The fourth-order valence-electron chi connectivity index (χ4n) is 1.78. The van der Waals surface area contributed by atoms with E-state index in [1.165, 1.54) is 5.57 Å². The highest BCUT2D eigenvalue weighted by Crippen LogP contribution is 2.40. The minimum atomic E-state index is -0.478. The van der Waals surface area contributed by atoms with Crippen LogP contribution in [0.3, 0.4) is 0 Å². The smallest absolute Gasteiger partial charge is 0.121 e. The van der Waals surface area contributed by atoms with Gasteiger partial charge in [0.15, 0.2) is 0 Å². The summed E-state index contributed by atoms with van der Waals surface area (Å²) in [5, 5.41) is 9.15. The highest BCUT2D eigenvalue weighted by molar-refractivity contribution is 9.10. The van der Waals surface area contributed by atoms with Crippen LogP contribution < -0.4 is 0 Å². The lowest BCUT2D eigenvalue weighted by Crippen LogP contribution is -2.30. The van der Waals surface area contributed by atoms with Crippen molar-refractivity contribution in [1.82, 2.24) is 4.98 Å². The van der Waals surface area contributed by atoms with Crippen LogP contribution in [0.5, 0.6) is 0 Å². The molecule has 0 saturated heterocycles. The van der Waals surface area contributed by atoms with Crippen LogP contribution in [0.15, 0.2) is 34.5 Å². The first-order chi connectivity index (χ1) is 6.66. The van der Waals surface area contributed by atoms with Gasteiger partial charge < -0.3 is 0 Å². The number of nitrogens with zero attached hydrogens (tertiary/aromatic N) is 2. The van der Waals surface area contributed by atoms with Gasteiger partial charge in [0.25, 0.3) is 0 Å². The van der Waals surface area contributed by atoms with Gasteiger partial charge in [0.1, 0.15) is 10.0 Å². The molecule has 0 N–H and O–H groups in total. The second-order valence-electron chi connectivity index (χ2n) is 3.60. The van der Waals surface area contributed by atoms with Gasteiger partial charge in [-0.2, -0.15) is 5.26 Å². The maximum Gasteiger partial charge on any atom is 0.121 e. The largest absolute Gasteiger partial charge is 0.244 e. The lowest BCUT2D eigenvalue weighted by atomic mass is 9.70. The molecule has 2 rings (SSSR count). The summed E-state index contributed by atoms with van der Waals surface area (Å²) in [6.45, 7) is 2.04.